The van der Waals surface area contributed by atoms with Crippen molar-refractivity contribution in [1.29, 1.82) is 0 Å². The maximum Gasteiger partial charge on any atom is 0.257 e. The molecule has 0 bridgehead atoms. The number of ether oxygens (including phenoxy) is 1. The fourth-order valence-electron chi connectivity index (χ4n) is 2.60. The van der Waals surface area contributed by atoms with Crippen molar-refractivity contribution in [1.82, 2.24) is 5.32 Å². The number of nitrogens with one attached hydrogen (secondary N) is 1. The third-order valence-corrected chi connectivity index (χ3v) is 5.10. The topological polar surface area (TPSA) is 38.3 Å². The van der Waals surface area contributed by atoms with Gasteiger partial charge in [-0.1, -0.05) is 60.1 Å². The Balaban J connectivity index is 1.38. The van der Waals surface area contributed by atoms with Crippen molar-refractivity contribution >= 4 is 40.0 Å². The zero-order valence-electron chi connectivity index (χ0n) is 14.3. The van der Waals surface area contributed by atoms with E-state index in [4.69, 9.17) is 16.3 Å². The number of benzene rings is 3. The number of fused-ring (bicyclic) bond motifs is 1. The molecule has 0 radical (unpaired) electrons. The Morgan fingerprint density at radius 2 is 1.85 bits per heavy atom. The fraction of sp³-hybridized carbons (Fsp3) is 0.190. The second-order valence-electron chi connectivity index (χ2n) is 5.80. The predicted molar refractivity (Wildman–Crippen MR) is 110 cm³/mol. The maximum atomic E-state index is 12.0. The first-order chi connectivity index (χ1) is 12.7. The van der Waals surface area contributed by atoms with Crippen LogP contribution in [0.3, 0.4) is 0 Å². The first-order valence-corrected chi connectivity index (χ1v) is 9.95. The molecular formula is C21H20ClNO2S. The van der Waals surface area contributed by atoms with Gasteiger partial charge < -0.3 is 10.1 Å². The molecule has 3 rings (SSSR count). The van der Waals surface area contributed by atoms with E-state index in [1.807, 2.05) is 60.7 Å². The summed E-state index contributed by atoms with van der Waals surface area (Å²) < 4.78 is 5.69. The van der Waals surface area contributed by atoms with Crippen LogP contribution in [0.5, 0.6) is 5.75 Å². The fourth-order valence-corrected chi connectivity index (χ4v) is 3.61. The second kappa shape index (κ2) is 9.51. The Bertz CT molecular complexity index is 879. The van der Waals surface area contributed by atoms with Gasteiger partial charge in [-0.15, -0.1) is 0 Å². The minimum Gasteiger partial charge on any atom is -0.483 e. The summed E-state index contributed by atoms with van der Waals surface area (Å²) in [6.45, 7) is 0.635. The summed E-state index contributed by atoms with van der Waals surface area (Å²) >= 11 is 7.73. The van der Waals surface area contributed by atoms with Crippen molar-refractivity contribution in [2.45, 2.75) is 5.75 Å². The zero-order chi connectivity index (χ0) is 18.2. The second-order valence-corrected chi connectivity index (χ2v) is 7.34. The molecule has 0 spiro atoms. The molecule has 0 atom stereocenters. The maximum absolute atomic E-state index is 12.0. The highest BCUT2D eigenvalue weighted by atomic mass is 35.5. The van der Waals surface area contributed by atoms with Gasteiger partial charge in [0.15, 0.2) is 6.61 Å². The molecule has 0 heterocycles. The molecular weight excluding hydrogens is 366 g/mol. The number of hydrogen-bond donors (Lipinski definition) is 1. The lowest BCUT2D eigenvalue weighted by Gasteiger charge is -2.10. The Hall–Kier alpha value is -2.17. The molecule has 3 aromatic carbocycles. The summed E-state index contributed by atoms with van der Waals surface area (Å²) in [6, 6.07) is 21.6. The van der Waals surface area contributed by atoms with E-state index in [9.17, 15) is 4.79 Å². The van der Waals surface area contributed by atoms with E-state index in [1.165, 1.54) is 5.56 Å². The van der Waals surface area contributed by atoms with Gasteiger partial charge in [0.2, 0.25) is 0 Å². The third kappa shape index (κ3) is 5.41. The number of rotatable bonds is 8. The van der Waals surface area contributed by atoms with Gasteiger partial charge in [0.1, 0.15) is 5.75 Å². The molecule has 134 valence electrons. The molecule has 0 aliphatic rings. The lowest BCUT2D eigenvalue weighted by atomic mass is 10.1. The summed E-state index contributed by atoms with van der Waals surface area (Å²) in [5, 5.41) is 5.75. The Kier molecular flexibility index (Phi) is 6.81. The Morgan fingerprint density at radius 1 is 1.04 bits per heavy atom. The molecule has 0 saturated heterocycles. The van der Waals surface area contributed by atoms with Crippen LogP contribution >= 0.6 is 23.4 Å². The van der Waals surface area contributed by atoms with Crippen LogP contribution in [-0.2, 0) is 10.5 Å². The molecule has 0 aromatic heterocycles. The smallest absolute Gasteiger partial charge is 0.257 e. The minimum absolute atomic E-state index is 0.0208. The molecule has 3 aromatic rings. The summed E-state index contributed by atoms with van der Waals surface area (Å²) in [6.07, 6.45) is 0. The van der Waals surface area contributed by atoms with Gasteiger partial charge in [-0.25, -0.2) is 0 Å². The van der Waals surface area contributed by atoms with Crippen molar-refractivity contribution in [2.24, 2.45) is 0 Å². The number of carbonyl (C=O) groups is 1. The van der Waals surface area contributed by atoms with Crippen LogP contribution in [0.1, 0.15) is 5.56 Å². The normalized spacial score (nSPS) is 10.7. The van der Waals surface area contributed by atoms with Crippen molar-refractivity contribution in [3.05, 3.63) is 77.3 Å². The van der Waals surface area contributed by atoms with Crippen LogP contribution in [-0.4, -0.2) is 24.8 Å². The third-order valence-electron chi connectivity index (χ3n) is 3.83. The van der Waals surface area contributed by atoms with Gasteiger partial charge in [-0.2, -0.15) is 11.8 Å². The summed E-state index contributed by atoms with van der Waals surface area (Å²) in [5.74, 6) is 2.34. The summed E-state index contributed by atoms with van der Waals surface area (Å²) in [5.41, 5.74) is 1.19. The molecule has 0 saturated carbocycles. The van der Waals surface area contributed by atoms with E-state index >= 15 is 0 Å². The summed E-state index contributed by atoms with van der Waals surface area (Å²) in [7, 11) is 0. The van der Waals surface area contributed by atoms with Gasteiger partial charge in [-0.05, 0) is 29.1 Å². The highest BCUT2D eigenvalue weighted by Gasteiger charge is 2.05. The predicted octanol–water partition coefficient (Wildman–Crippen LogP) is 4.92. The SMILES string of the molecule is O=C(COc1cccc2ccccc12)NCCSCc1cccc(Cl)c1. The van der Waals surface area contributed by atoms with Crippen LogP contribution in [0.4, 0.5) is 0 Å². The number of halogens is 1. The Labute approximate surface area is 162 Å². The monoisotopic (exact) mass is 385 g/mol. The van der Waals surface area contributed by atoms with Crippen LogP contribution in [0.25, 0.3) is 10.8 Å². The highest BCUT2D eigenvalue weighted by Crippen LogP contribution is 2.24. The van der Waals surface area contributed by atoms with Crippen molar-refractivity contribution in [3.63, 3.8) is 0 Å². The lowest BCUT2D eigenvalue weighted by molar-refractivity contribution is -0.122. The van der Waals surface area contributed by atoms with Crippen LogP contribution in [0.2, 0.25) is 5.02 Å². The molecule has 1 N–H and O–H groups in total. The molecule has 5 heteroatoms. The van der Waals surface area contributed by atoms with Crippen molar-refractivity contribution in [2.75, 3.05) is 18.9 Å². The average molecular weight is 386 g/mol. The highest BCUT2D eigenvalue weighted by molar-refractivity contribution is 7.98. The molecule has 1 amide bonds. The number of carbonyl (C=O) groups excluding carboxylic acids is 1. The van der Waals surface area contributed by atoms with Gasteiger partial charge in [0, 0.05) is 28.5 Å². The Morgan fingerprint density at radius 3 is 2.73 bits per heavy atom. The van der Waals surface area contributed by atoms with Gasteiger partial charge in [-0.3, -0.25) is 4.79 Å². The molecule has 0 unspecified atom stereocenters. The quantitative estimate of drug-likeness (QED) is 0.559. The van der Waals surface area contributed by atoms with Crippen LogP contribution in [0.15, 0.2) is 66.7 Å². The van der Waals surface area contributed by atoms with Crippen LogP contribution in [0, 0.1) is 0 Å². The van der Waals surface area contributed by atoms with E-state index in [0.717, 1.165) is 33.1 Å². The minimum atomic E-state index is -0.110. The molecule has 0 aliphatic carbocycles. The number of thioether (sulfide) groups is 1. The van der Waals surface area contributed by atoms with Crippen LogP contribution < -0.4 is 10.1 Å². The first kappa shape index (κ1) is 18.6. The van der Waals surface area contributed by atoms with Gasteiger partial charge in [0.25, 0.3) is 5.91 Å². The number of amides is 1. The molecule has 3 nitrogen and oxygen atoms in total. The number of hydrogen-bond acceptors (Lipinski definition) is 3. The van der Waals surface area contributed by atoms with Crippen molar-refractivity contribution < 1.29 is 9.53 Å². The van der Waals surface area contributed by atoms with Gasteiger partial charge in [0.05, 0.1) is 0 Å². The van der Waals surface area contributed by atoms with E-state index in [-0.39, 0.29) is 12.5 Å². The molecule has 0 fully saturated rings. The van der Waals surface area contributed by atoms with E-state index < -0.39 is 0 Å². The lowest BCUT2D eigenvalue weighted by Crippen LogP contribution is -2.30. The van der Waals surface area contributed by atoms with Gasteiger partial charge >= 0.3 is 0 Å². The van der Waals surface area contributed by atoms with E-state index in [2.05, 4.69) is 11.4 Å². The van der Waals surface area contributed by atoms with E-state index in [1.54, 1.807) is 11.8 Å². The largest absolute Gasteiger partial charge is 0.483 e. The zero-order valence-corrected chi connectivity index (χ0v) is 15.9. The van der Waals surface area contributed by atoms with E-state index in [0.29, 0.717) is 6.54 Å². The summed E-state index contributed by atoms with van der Waals surface area (Å²) in [4.78, 5) is 12.0. The first-order valence-electron chi connectivity index (χ1n) is 8.42. The standard InChI is InChI=1S/C21H20ClNO2S/c22-18-8-3-5-16(13-18)15-26-12-11-23-21(24)14-25-20-10-4-7-17-6-1-2-9-19(17)20/h1-10,13H,11-12,14-15H2,(H,23,24). The average Bonchev–Trinajstić information content (AvgIpc) is 2.66. The molecule has 26 heavy (non-hydrogen) atoms. The molecule has 0 aliphatic heterocycles. The van der Waals surface area contributed by atoms with Crippen molar-refractivity contribution in [3.8, 4) is 5.75 Å².